The van der Waals surface area contributed by atoms with Gasteiger partial charge in [-0.2, -0.15) is 0 Å². The van der Waals surface area contributed by atoms with Crippen molar-refractivity contribution in [3.8, 4) is 10.4 Å². The van der Waals surface area contributed by atoms with Gasteiger partial charge in [0.15, 0.2) is 0 Å². The normalized spacial score (nSPS) is 10.8. The Morgan fingerprint density at radius 3 is 2.22 bits per heavy atom. The summed E-state index contributed by atoms with van der Waals surface area (Å²) in [5.74, 6) is 0. The van der Waals surface area contributed by atoms with Crippen LogP contribution in [-0.4, -0.2) is 0 Å². The number of hydrogen-bond acceptors (Lipinski definition) is 3. The molecule has 0 aliphatic carbocycles. The highest BCUT2D eigenvalue weighted by atomic mass is 32.1. The second-order valence-corrected chi connectivity index (χ2v) is 6.47. The number of nitrogen functional groups attached to an aromatic ring is 1. The summed E-state index contributed by atoms with van der Waals surface area (Å²) >= 11 is 1.80. The molecule has 0 aliphatic rings. The van der Waals surface area contributed by atoms with Gasteiger partial charge in [-0.1, -0.05) is 48.5 Å². The molecule has 0 fully saturated rings. The summed E-state index contributed by atoms with van der Waals surface area (Å²) in [6, 6.07) is 26.8. The van der Waals surface area contributed by atoms with Crippen LogP contribution in [0.25, 0.3) is 20.5 Å². The molecule has 4 rings (SSSR count). The van der Waals surface area contributed by atoms with Crippen LogP contribution < -0.4 is 11.1 Å². The van der Waals surface area contributed by atoms with E-state index in [1.165, 1.54) is 20.5 Å². The Bertz CT molecular complexity index is 940. The summed E-state index contributed by atoms with van der Waals surface area (Å²) in [4.78, 5) is 1.23. The maximum absolute atomic E-state index is 5.83. The van der Waals surface area contributed by atoms with E-state index in [4.69, 9.17) is 5.73 Å². The van der Waals surface area contributed by atoms with Crippen LogP contribution in [0.2, 0.25) is 0 Å². The van der Waals surface area contributed by atoms with Gasteiger partial charge in [0.2, 0.25) is 0 Å². The molecule has 112 valence electrons. The summed E-state index contributed by atoms with van der Waals surface area (Å²) in [7, 11) is 0. The van der Waals surface area contributed by atoms with Crippen molar-refractivity contribution < 1.29 is 0 Å². The molecular formula is C20H16N2S. The molecule has 0 aliphatic heterocycles. The molecule has 0 radical (unpaired) electrons. The minimum absolute atomic E-state index is 0.785. The van der Waals surface area contributed by atoms with Crippen LogP contribution in [0.1, 0.15) is 0 Å². The molecule has 0 saturated heterocycles. The number of hydrogen-bond donors (Lipinski definition) is 2. The van der Waals surface area contributed by atoms with Gasteiger partial charge >= 0.3 is 0 Å². The van der Waals surface area contributed by atoms with Crippen molar-refractivity contribution in [1.82, 2.24) is 0 Å². The van der Waals surface area contributed by atoms with Gasteiger partial charge in [-0.25, -0.2) is 0 Å². The van der Waals surface area contributed by atoms with E-state index in [1.54, 1.807) is 11.3 Å². The van der Waals surface area contributed by atoms with Gasteiger partial charge in [0.25, 0.3) is 0 Å². The first-order valence-electron chi connectivity index (χ1n) is 7.51. The molecule has 0 atom stereocenters. The number of benzene rings is 3. The first kappa shape index (κ1) is 13.9. The van der Waals surface area contributed by atoms with Crippen LogP contribution in [0, 0.1) is 0 Å². The van der Waals surface area contributed by atoms with Gasteiger partial charge in [-0.15, -0.1) is 11.3 Å². The second-order valence-electron chi connectivity index (χ2n) is 5.42. The molecule has 0 bridgehead atoms. The SMILES string of the molecule is Nc1ccc(-c2sc3ccccc3c2Nc2ccccc2)cc1. The number of anilines is 3. The first-order chi connectivity index (χ1) is 11.3. The van der Waals surface area contributed by atoms with Crippen LogP contribution in [-0.2, 0) is 0 Å². The van der Waals surface area contributed by atoms with Gasteiger partial charge in [0.05, 0.1) is 10.6 Å². The molecule has 3 N–H and O–H groups in total. The Morgan fingerprint density at radius 2 is 1.43 bits per heavy atom. The summed E-state index contributed by atoms with van der Waals surface area (Å²) in [5, 5.41) is 4.83. The van der Waals surface area contributed by atoms with Crippen LogP contribution in [0.4, 0.5) is 17.1 Å². The van der Waals surface area contributed by atoms with E-state index < -0.39 is 0 Å². The third kappa shape index (κ3) is 2.67. The smallest absolute Gasteiger partial charge is 0.0653 e. The monoisotopic (exact) mass is 316 g/mol. The van der Waals surface area contributed by atoms with Crippen LogP contribution >= 0.6 is 11.3 Å². The molecule has 1 heterocycles. The van der Waals surface area contributed by atoms with Crippen LogP contribution in [0.15, 0.2) is 78.9 Å². The third-order valence-electron chi connectivity index (χ3n) is 3.81. The van der Waals surface area contributed by atoms with Crippen LogP contribution in [0.3, 0.4) is 0 Å². The van der Waals surface area contributed by atoms with Crippen molar-refractivity contribution >= 4 is 38.5 Å². The maximum Gasteiger partial charge on any atom is 0.0653 e. The van der Waals surface area contributed by atoms with Gasteiger partial charge in [-0.05, 0) is 35.9 Å². The summed E-state index contributed by atoms with van der Waals surface area (Å²) in [6.45, 7) is 0. The second kappa shape index (κ2) is 5.78. The average Bonchev–Trinajstić information content (AvgIpc) is 2.95. The van der Waals surface area contributed by atoms with Crippen molar-refractivity contribution in [2.24, 2.45) is 0 Å². The molecule has 0 amide bonds. The van der Waals surface area contributed by atoms with Crippen molar-refractivity contribution in [3.05, 3.63) is 78.9 Å². The number of rotatable bonds is 3. The lowest BCUT2D eigenvalue weighted by Gasteiger charge is -2.09. The minimum Gasteiger partial charge on any atom is -0.399 e. The highest BCUT2D eigenvalue weighted by Crippen LogP contribution is 2.43. The average molecular weight is 316 g/mol. The molecule has 2 nitrogen and oxygen atoms in total. The van der Waals surface area contributed by atoms with E-state index in [2.05, 4.69) is 53.8 Å². The largest absolute Gasteiger partial charge is 0.399 e. The van der Waals surface area contributed by atoms with E-state index in [0.717, 1.165) is 17.1 Å². The zero-order valence-corrected chi connectivity index (χ0v) is 13.3. The molecule has 3 heteroatoms. The number of fused-ring (bicyclic) bond motifs is 1. The van der Waals surface area contributed by atoms with E-state index in [0.29, 0.717) is 0 Å². The Labute approximate surface area is 139 Å². The topological polar surface area (TPSA) is 38.0 Å². The first-order valence-corrected chi connectivity index (χ1v) is 8.32. The highest BCUT2D eigenvalue weighted by Gasteiger charge is 2.13. The number of nitrogens with two attached hydrogens (primary N) is 1. The minimum atomic E-state index is 0.785. The van der Waals surface area contributed by atoms with Gasteiger partial charge in [0, 0.05) is 21.5 Å². The fourth-order valence-corrected chi connectivity index (χ4v) is 3.84. The van der Waals surface area contributed by atoms with Gasteiger partial charge in [0.1, 0.15) is 0 Å². The lowest BCUT2D eigenvalue weighted by Crippen LogP contribution is -1.91. The Hall–Kier alpha value is -2.78. The number of para-hydroxylation sites is 1. The predicted octanol–water partition coefficient (Wildman–Crippen LogP) is 5.89. The zero-order valence-electron chi connectivity index (χ0n) is 12.5. The quantitative estimate of drug-likeness (QED) is 0.462. The standard InChI is InChI=1S/C20H16N2S/c21-15-12-10-14(11-13-15)20-19(22-16-6-2-1-3-7-16)17-8-4-5-9-18(17)23-20/h1-13,22H,21H2. The zero-order chi connectivity index (χ0) is 15.6. The van der Waals surface area contributed by atoms with Crippen molar-refractivity contribution in [2.75, 3.05) is 11.1 Å². The molecule has 0 saturated carbocycles. The molecule has 1 aromatic heterocycles. The molecule has 4 aromatic rings. The molecular weight excluding hydrogens is 300 g/mol. The fraction of sp³-hybridized carbons (Fsp3) is 0. The van der Waals surface area contributed by atoms with Gasteiger partial charge < -0.3 is 11.1 Å². The number of nitrogens with one attached hydrogen (secondary N) is 1. The molecule has 0 spiro atoms. The molecule has 3 aromatic carbocycles. The lowest BCUT2D eigenvalue weighted by molar-refractivity contribution is 1.59. The summed E-state index contributed by atoms with van der Waals surface area (Å²) in [5.41, 5.74) is 10.0. The van der Waals surface area contributed by atoms with Gasteiger partial charge in [-0.3, -0.25) is 0 Å². The molecule has 0 unspecified atom stereocenters. The van der Waals surface area contributed by atoms with E-state index in [-0.39, 0.29) is 0 Å². The Morgan fingerprint density at radius 1 is 0.739 bits per heavy atom. The maximum atomic E-state index is 5.83. The van der Waals surface area contributed by atoms with Crippen molar-refractivity contribution in [2.45, 2.75) is 0 Å². The van der Waals surface area contributed by atoms with E-state index >= 15 is 0 Å². The number of thiophene rings is 1. The third-order valence-corrected chi connectivity index (χ3v) is 5.03. The highest BCUT2D eigenvalue weighted by molar-refractivity contribution is 7.23. The predicted molar refractivity (Wildman–Crippen MR) is 101 cm³/mol. The fourth-order valence-electron chi connectivity index (χ4n) is 2.67. The van der Waals surface area contributed by atoms with Crippen molar-refractivity contribution in [1.29, 1.82) is 0 Å². The Kier molecular flexibility index (Phi) is 3.48. The Balaban J connectivity index is 1.89. The summed E-state index contributed by atoms with van der Waals surface area (Å²) in [6.07, 6.45) is 0. The van der Waals surface area contributed by atoms with Crippen LogP contribution in [0.5, 0.6) is 0 Å². The van der Waals surface area contributed by atoms with E-state index in [9.17, 15) is 0 Å². The van der Waals surface area contributed by atoms with Crippen molar-refractivity contribution in [3.63, 3.8) is 0 Å². The molecule has 23 heavy (non-hydrogen) atoms. The summed E-state index contributed by atoms with van der Waals surface area (Å²) < 4.78 is 1.28. The van der Waals surface area contributed by atoms with E-state index in [1.807, 2.05) is 30.3 Å². The lowest BCUT2D eigenvalue weighted by atomic mass is 10.1.